The molecule has 0 aromatic carbocycles. The minimum atomic E-state index is -3.47. The first-order valence-electron chi connectivity index (χ1n) is 6.25. The maximum atomic E-state index is 11.6. The van der Waals surface area contributed by atoms with Gasteiger partial charge in [0.2, 0.25) is 10.0 Å². The molecule has 2 unspecified atom stereocenters. The first-order valence-corrected chi connectivity index (χ1v) is 7.91. The summed E-state index contributed by atoms with van der Waals surface area (Å²) in [4.78, 5) is 11.0. The van der Waals surface area contributed by atoms with Gasteiger partial charge >= 0.3 is 5.97 Å². The van der Waals surface area contributed by atoms with Crippen molar-refractivity contribution in [2.45, 2.75) is 38.7 Å². The van der Waals surface area contributed by atoms with Gasteiger partial charge in [-0.1, -0.05) is 6.42 Å². The lowest BCUT2D eigenvalue weighted by molar-refractivity contribution is -0.142. The summed E-state index contributed by atoms with van der Waals surface area (Å²) in [6.07, 6.45) is 1.93. The van der Waals surface area contributed by atoms with Gasteiger partial charge in [-0.3, -0.25) is 4.79 Å². The molecule has 1 aliphatic carbocycles. The Bertz CT molecular complexity index is 368. The van der Waals surface area contributed by atoms with E-state index in [-0.39, 0.29) is 31.2 Å². The van der Waals surface area contributed by atoms with Crippen molar-refractivity contribution in [1.29, 1.82) is 0 Å². The zero-order chi connectivity index (χ0) is 13.6. The number of esters is 1. The van der Waals surface area contributed by atoms with E-state index in [1.807, 2.05) is 0 Å². The molecule has 1 aliphatic rings. The molecule has 0 spiro atoms. The predicted molar refractivity (Wildman–Crippen MR) is 66.4 cm³/mol. The van der Waals surface area contributed by atoms with Crippen molar-refractivity contribution in [3.63, 3.8) is 0 Å². The number of aliphatic hydroxyl groups excluding tert-OH is 1. The number of sulfonamides is 1. The van der Waals surface area contributed by atoms with Crippen LogP contribution in [0.15, 0.2) is 0 Å². The quantitative estimate of drug-likeness (QED) is 0.641. The van der Waals surface area contributed by atoms with Crippen LogP contribution in [0.2, 0.25) is 0 Å². The Kier molecular flexibility index (Phi) is 6.04. The van der Waals surface area contributed by atoms with Gasteiger partial charge in [-0.05, 0) is 25.7 Å². The Morgan fingerprint density at radius 1 is 1.44 bits per heavy atom. The van der Waals surface area contributed by atoms with Crippen LogP contribution in [-0.2, 0) is 19.6 Å². The zero-order valence-electron chi connectivity index (χ0n) is 10.6. The maximum absolute atomic E-state index is 11.6. The number of rotatable bonds is 7. The maximum Gasteiger partial charge on any atom is 0.306 e. The summed E-state index contributed by atoms with van der Waals surface area (Å²) < 4.78 is 30.3. The fourth-order valence-electron chi connectivity index (χ4n) is 2.01. The van der Waals surface area contributed by atoms with E-state index in [9.17, 15) is 18.3 Å². The van der Waals surface area contributed by atoms with Crippen LogP contribution < -0.4 is 4.72 Å². The summed E-state index contributed by atoms with van der Waals surface area (Å²) in [5, 5.41) is 9.56. The average Bonchev–Trinajstić information content (AvgIpc) is 2.71. The third-order valence-electron chi connectivity index (χ3n) is 3.06. The Morgan fingerprint density at radius 2 is 2.17 bits per heavy atom. The molecule has 1 saturated carbocycles. The first-order chi connectivity index (χ1) is 8.44. The number of carbonyl (C=O) groups excluding carboxylic acids is 1. The second-order valence-corrected chi connectivity index (χ2v) is 6.41. The minimum absolute atomic E-state index is 0.0117. The van der Waals surface area contributed by atoms with Crippen molar-refractivity contribution in [3.8, 4) is 0 Å². The molecule has 18 heavy (non-hydrogen) atoms. The number of carbonyl (C=O) groups is 1. The normalized spacial score (nSPS) is 24.1. The van der Waals surface area contributed by atoms with E-state index in [0.717, 1.165) is 19.3 Å². The summed E-state index contributed by atoms with van der Waals surface area (Å²) in [7, 11) is -3.47. The molecule has 7 heteroatoms. The lowest BCUT2D eigenvalue weighted by atomic mass is 10.1. The molecule has 0 radical (unpaired) electrons. The fourth-order valence-corrected chi connectivity index (χ4v) is 3.06. The SMILES string of the molecule is CCOC(=O)CCS(=O)(=O)NCC1CCCC1O. The van der Waals surface area contributed by atoms with E-state index in [0.29, 0.717) is 0 Å². The highest BCUT2D eigenvalue weighted by Gasteiger charge is 2.26. The van der Waals surface area contributed by atoms with E-state index in [4.69, 9.17) is 0 Å². The van der Waals surface area contributed by atoms with Crippen LogP contribution in [0.1, 0.15) is 32.6 Å². The molecule has 2 N–H and O–H groups in total. The molecular formula is C11H21NO5S. The lowest BCUT2D eigenvalue weighted by Gasteiger charge is -2.15. The van der Waals surface area contributed by atoms with Gasteiger partial charge in [-0.25, -0.2) is 13.1 Å². The van der Waals surface area contributed by atoms with Gasteiger partial charge in [0, 0.05) is 6.54 Å². The molecule has 1 fully saturated rings. The number of hydrogen-bond donors (Lipinski definition) is 2. The highest BCUT2D eigenvalue weighted by atomic mass is 32.2. The van der Waals surface area contributed by atoms with Crippen molar-refractivity contribution >= 4 is 16.0 Å². The van der Waals surface area contributed by atoms with Gasteiger partial charge < -0.3 is 9.84 Å². The monoisotopic (exact) mass is 279 g/mol. The van der Waals surface area contributed by atoms with E-state index in [1.165, 1.54) is 0 Å². The Hall–Kier alpha value is -0.660. The zero-order valence-corrected chi connectivity index (χ0v) is 11.4. The number of aliphatic hydroxyl groups is 1. The fraction of sp³-hybridized carbons (Fsp3) is 0.909. The lowest BCUT2D eigenvalue weighted by Crippen LogP contribution is -2.34. The van der Waals surface area contributed by atoms with E-state index in [2.05, 4.69) is 9.46 Å². The Balaban J connectivity index is 2.29. The summed E-state index contributed by atoms with van der Waals surface area (Å²) in [6, 6.07) is 0. The number of hydrogen-bond acceptors (Lipinski definition) is 5. The van der Waals surface area contributed by atoms with Crippen LogP contribution >= 0.6 is 0 Å². The summed E-state index contributed by atoms with van der Waals surface area (Å²) in [6.45, 7) is 2.17. The average molecular weight is 279 g/mol. The highest BCUT2D eigenvalue weighted by molar-refractivity contribution is 7.89. The van der Waals surface area contributed by atoms with Crippen LogP contribution in [-0.4, -0.2) is 44.5 Å². The van der Waals surface area contributed by atoms with Crippen LogP contribution in [0.3, 0.4) is 0 Å². The Morgan fingerprint density at radius 3 is 2.72 bits per heavy atom. The van der Waals surface area contributed by atoms with Crippen LogP contribution in [0.5, 0.6) is 0 Å². The van der Waals surface area contributed by atoms with Gasteiger partial charge in [0.15, 0.2) is 0 Å². The summed E-state index contributed by atoms with van der Waals surface area (Å²) in [5.74, 6) is -0.791. The van der Waals surface area contributed by atoms with Gasteiger partial charge in [-0.2, -0.15) is 0 Å². The van der Waals surface area contributed by atoms with Crippen molar-refractivity contribution < 1.29 is 23.1 Å². The summed E-state index contributed by atoms with van der Waals surface area (Å²) in [5.41, 5.74) is 0. The molecule has 2 atom stereocenters. The Labute approximate surface area is 108 Å². The van der Waals surface area contributed by atoms with Gasteiger partial charge in [0.1, 0.15) is 0 Å². The number of nitrogens with one attached hydrogen (secondary N) is 1. The van der Waals surface area contributed by atoms with Gasteiger partial charge in [0.25, 0.3) is 0 Å². The van der Waals surface area contributed by atoms with Crippen molar-refractivity contribution in [2.24, 2.45) is 5.92 Å². The van der Waals surface area contributed by atoms with Gasteiger partial charge in [0.05, 0.1) is 24.9 Å². The largest absolute Gasteiger partial charge is 0.466 e. The third-order valence-corrected chi connectivity index (χ3v) is 4.41. The molecule has 0 amide bonds. The van der Waals surface area contributed by atoms with Crippen molar-refractivity contribution in [3.05, 3.63) is 0 Å². The number of ether oxygens (including phenoxy) is 1. The van der Waals surface area contributed by atoms with Crippen molar-refractivity contribution in [2.75, 3.05) is 18.9 Å². The van der Waals surface area contributed by atoms with Crippen LogP contribution in [0.25, 0.3) is 0 Å². The standard InChI is InChI=1S/C11H21NO5S/c1-2-17-11(14)6-7-18(15,16)12-8-9-4-3-5-10(9)13/h9-10,12-13H,2-8H2,1H3. The predicted octanol–water partition coefficient (Wildman–Crippen LogP) is 0.0200. The topological polar surface area (TPSA) is 92.7 Å². The molecule has 0 bridgehead atoms. The second-order valence-electron chi connectivity index (χ2n) is 4.48. The molecule has 0 saturated heterocycles. The molecule has 1 rings (SSSR count). The molecular weight excluding hydrogens is 258 g/mol. The van der Waals surface area contributed by atoms with Crippen molar-refractivity contribution in [1.82, 2.24) is 4.72 Å². The third kappa shape index (κ3) is 5.32. The van der Waals surface area contributed by atoms with Crippen LogP contribution in [0, 0.1) is 5.92 Å². The molecule has 0 aromatic rings. The molecule has 0 heterocycles. The first kappa shape index (κ1) is 15.4. The summed E-state index contributed by atoms with van der Waals surface area (Å²) >= 11 is 0. The smallest absolute Gasteiger partial charge is 0.306 e. The van der Waals surface area contributed by atoms with E-state index >= 15 is 0 Å². The van der Waals surface area contributed by atoms with E-state index < -0.39 is 22.1 Å². The molecule has 0 aliphatic heterocycles. The van der Waals surface area contributed by atoms with E-state index in [1.54, 1.807) is 6.92 Å². The second kappa shape index (κ2) is 7.06. The molecule has 0 aromatic heterocycles. The van der Waals surface area contributed by atoms with Crippen LogP contribution in [0.4, 0.5) is 0 Å². The molecule has 106 valence electrons. The minimum Gasteiger partial charge on any atom is -0.466 e. The highest BCUT2D eigenvalue weighted by Crippen LogP contribution is 2.24. The van der Waals surface area contributed by atoms with Gasteiger partial charge in [-0.15, -0.1) is 0 Å². The molecule has 6 nitrogen and oxygen atoms in total.